The van der Waals surface area contributed by atoms with Crippen LogP contribution in [0.25, 0.3) is 0 Å². The molecule has 0 aliphatic rings. The summed E-state index contributed by atoms with van der Waals surface area (Å²) in [5.74, 6) is 0.228. The lowest BCUT2D eigenvalue weighted by Gasteiger charge is -2.20. The molecule has 9 heteroatoms. The zero-order chi connectivity index (χ0) is 20.5. The fourth-order valence-electron chi connectivity index (χ4n) is 2.15. The molecule has 154 valence electrons. The van der Waals surface area contributed by atoms with Gasteiger partial charge in [0.25, 0.3) is 0 Å². The molecular formula is C18H30NO7P. The molecule has 0 fully saturated rings. The van der Waals surface area contributed by atoms with Gasteiger partial charge in [0.2, 0.25) is 0 Å². The molecule has 0 spiro atoms. The van der Waals surface area contributed by atoms with Gasteiger partial charge in [0.05, 0.1) is 19.8 Å². The van der Waals surface area contributed by atoms with Crippen LogP contribution in [-0.4, -0.2) is 36.6 Å². The van der Waals surface area contributed by atoms with E-state index in [1.165, 1.54) is 0 Å². The van der Waals surface area contributed by atoms with Gasteiger partial charge in [0, 0.05) is 12.1 Å². The summed E-state index contributed by atoms with van der Waals surface area (Å²) in [6, 6.07) is 5.07. The Kier molecular flexibility index (Phi) is 9.26. The molecule has 0 radical (unpaired) electrons. The molecule has 0 unspecified atom stereocenters. The third kappa shape index (κ3) is 8.75. The molecule has 0 aliphatic heterocycles. The van der Waals surface area contributed by atoms with Gasteiger partial charge < -0.3 is 19.7 Å². The highest BCUT2D eigenvalue weighted by molar-refractivity contribution is 7.48. The van der Waals surface area contributed by atoms with Crippen LogP contribution in [-0.2, 0) is 31.4 Å². The minimum atomic E-state index is -3.74. The van der Waals surface area contributed by atoms with Gasteiger partial charge in [0.1, 0.15) is 11.4 Å². The first-order valence-corrected chi connectivity index (χ1v) is 10.4. The number of amides is 1. The average Bonchev–Trinajstić information content (AvgIpc) is 2.54. The summed E-state index contributed by atoms with van der Waals surface area (Å²) >= 11 is 0. The van der Waals surface area contributed by atoms with Crippen LogP contribution < -0.4 is 9.84 Å². The topological polar surface area (TPSA) is 103 Å². The monoisotopic (exact) mass is 403 g/mol. The van der Waals surface area contributed by atoms with Crippen molar-refractivity contribution in [3.05, 3.63) is 29.3 Å². The molecule has 0 heterocycles. The van der Waals surface area contributed by atoms with Gasteiger partial charge in [0.15, 0.2) is 0 Å². The van der Waals surface area contributed by atoms with E-state index in [9.17, 15) is 14.5 Å². The number of phosphoric ester groups is 1. The molecule has 0 aliphatic carbocycles. The zero-order valence-electron chi connectivity index (χ0n) is 16.6. The summed E-state index contributed by atoms with van der Waals surface area (Å²) in [4.78, 5) is 11.7. The van der Waals surface area contributed by atoms with Gasteiger partial charge in [-0.15, -0.1) is 0 Å². The number of rotatable bonds is 10. The zero-order valence-corrected chi connectivity index (χ0v) is 17.5. The fourth-order valence-corrected chi connectivity index (χ4v) is 3.38. The average molecular weight is 403 g/mol. The van der Waals surface area contributed by atoms with Gasteiger partial charge in [-0.05, 0) is 58.7 Å². The highest BCUT2D eigenvalue weighted by atomic mass is 31.2. The van der Waals surface area contributed by atoms with Crippen LogP contribution >= 0.6 is 7.82 Å². The van der Waals surface area contributed by atoms with Crippen molar-refractivity contribution in [2.75, 3.05) is 19.8 Å². The van der Waals surface area contributed by atoms with Crippen LogP contribution in [0.2, 0.25) is 0 Å². The molecule has 1 rings (SSSR count). The Labute approximate surface area is 160 Å². The maximum atomic E-state index is 12.5. The molecule has 27 heavy (non-hydrogen) atoms. The van der Waals surface area contributed by atoms with E-state index < -0.39 is 19.5 Å². The maximum Gasteiger partial charge on any atom is 0.530 e. The maximum absolute atomic E-state index is 12.5. The second kappa shape index (κ2) is 10.7. The van der Waals surface area contributed by atoms with Crippen molar-refractivity contribution < 1.29 is 32.8 Å². The van der Waals surface area contributed by atoms with E-state index in [2.05, 4.69) is 5.32 Å². The molecule has 1 amide bonds. The first-order valence-electron chi connectivity index (χ1n) is 8.90. The summed E-state index contributed by atoms with van der Waals surface area (Å²) in [6.45, 7) is 9.15. The number of aliphatic hydroxyl groups excluding tert-OH is 1. The minimum absolute atomic E-state index is 0.167. The molecule has 0 saturated heterocycles. The summed E-state index contributed by atoms with van der Waals surface area (Å²) in [7, 11) is -3.74. The van der Waals surface area contributed by atoms with Crippen molar-refractivity contribution in [1.29, 1.82) is 0 Å². The van der Waals surface area contributed by atoms with Crippen LogP contribution in [0.3, 0.4) is 0 Å². The number of nitrogens with one attached hydrogen (secondary N) is 1. The predicted octanol–water partition coefficient (Wildman–Crippen LogP) is 3.81. The first-order chi connectivity index (χ1) is 12.6. The fraction of sp³-hybridized carbons (Fsp3) is 0.611. The van der Waals surface area contributed by atoms with Crippen LogP contribution in [0.5, 0.6) is 5.75 Å². The number of carbonyl (C=O) groups excluding carboxylic acids is 1. The Morgan fingerprint density at radius 2 is 1.81 bits per heavy atom. The number of ether oxygens (including phenoxy) is 1. The Balaban J connectivity index is 2.74. The molecule has 0 aromatic heterocycles. The summed E-state index contributed by atoms with van der Waals surface area (Å²) in [5, 5.41) is 12.3. The van der Waals surface area contributed by atoms with Crippen LogP contribution in [0, 0.1) is 0 Å². The van der Waals surface area contributed by atoms with Crippen molar-refractivity contribution in [3.63, 3.8) is 0 Å². The molecule has 0 saturated carbocycles. The number of aliphatic hydroxyl groups is 1. The van der Waals surface area contributed by atoms with Gasteiger partial charge in [-0.25, -0.2) is 9.36 Å². The third-order valence-electron chi connectivity index (χ3n) is 3.16. The van der Waals surface area contributed by atoms with Crippen LogP contribution in [0.4, 0.5) is 4.79 Å². The molecule has 0 atom stereocenters. The number of benzene rings is 1. The highest BCUT2D eigenvalue weighted by Crippen LogP contribution is 2.50. The predicted molar refractivity (Wildman–Crippen MR) is 102 cm³/mol. The molecule has 1 aromatic rings. The summed E-state index contributed by atoms with van der Waals surface area (Å²) in [5.41, 5.74) is 0.761. The smallest absolute Gasteiger partial charge is 0.444 e. The summed E-state index contributed by atoms with van der Waals surface area (Å²) in [6.07, 6.45) is 0.0420. The van der Waals surface area contributed by atoms with Crippen molar-refractivity contribution in [2.45, 2.75) is 53.2 Å². The van der Waals surface area contributed by atoms with E-state index in [4.69, 9.17) is 18.3 Å². The Morgan fingerprint density at radius 1 is 1.19 bits per heavy atom. The van der Waals surface area contributed by atoms with Crippen molar-refractivity contribution in [3.8, 4) is 5.75 Å². The number of phosphoric acid groups is 1. The largest absolute Gasteiger partial charge is 0.530 e. The Hall–Kier alpha value is -1.60. The third-order valence-corrected chi connectivity index (χ3v) is 4.73. The molecule has 2 N–H and O–H groups in total. The van der Waals surface area contributed by atoms with Gasteiger partial charge in [-0.1, -0.05) is 6.07 Å². The number of alkyl carbamates (subject to hydrolysis) is 1. The standard InChI is InChI=1S/C18H30NO7P/c1-6-23-27(22,24-7-2)26-16-9-8-14(12-15(16)13-20)10-11-19-17(21)25-18(3,4)5/h8-9,12,20H,6-7,10-11,13H2,1-5H3,(H,19,21). The number of hydrogen-bond donors (Lipinski definition) is 2. The first kappa shape index (κ1) is 23.4. The van der Waals surface area contributed by atoms with E-state index in [0.717, 1.165) is 5.56 Å². The van der Waals surface area contributed by atoms with E-state index in [0.29, 0.717) is 18.5 Å². The molecule has 0 bridgehead atoms. The van der Waals surface area contributed by atoms with Gasteiger partial charge >= 0.3 is 13.9 Å². The molecular weight excluding hydrogens is 373 g/mol. The second-order valence-corrected chi connectivity index (χ2v) is 8.25. The second-order valence-electron chi connectivity index (χ2n) is 6.65. The number of carbonyl (C=O) groups is 1. The number of hydrogen-bond acceptors (Lipinski definition) is 7. The van der Waals surface area contributed by atoms with Crippen molar-refractivity contribution >= 4 is 13.9 Å². The van der Waals surface area contributed by atoms with E-state index in [1.807, 2.05) is 0 Å². The van der Waals surface area contributed by atoms with E-state index in [1.54, 1.807) is 52.8 Å². The van der Waals surface area contributed by atoms with Crippen LogP contribution in [0.15, 0.2) is 18.2 Å². The normalized spacial score (nSPS) is 11.9. The molecule has 8 nitrogen and oxygen atoms in total. The van der Waals surface area contributed by atoms with Gasteiger partial charge in [-0.3, -0.25) is 9.05 Å². The lowest BCUT2D eigenvalue weighted by atomic mass is 10.1. The Bertz CT molecular complexity index is 648. The summed E-state index contributed by atoms with van der Waals surface area (Å²) < 4.78 is 33.3. The lowest BCUT2D eigenvalue weighted by molar-refractivity contribution is 0.0528. The quantitative estimate of drug-likeness (QED) is 0.573. The SMILES string of the molecule is CCOP(=O)(OCC)Oc1ccc(CCNC(=O)OC(C)(C)C)cc1CO. The van der Waals surface area contributed by atoms with Crippen LogP contribution in [0.1, 0.15) is 45.7 Å². The Morgan fingerprint density at radius 3 is 2.33 bits per heavy atom. The highest BCUT2D eigenvalue weighted by Gasteiger charge is 2.28. The minimum Gasteiger partial charge on any atom is -0.444 e. The van der Waals surface area contributed by atoms with Crippen molar-refractivity contribution in [1.82, 2.24) is 5.32 Å². The molecule has 1 aromatic carbocycles. The van der Waals surface area contributed by atoms with Gasteiger partial charge in [-0.2, -0.15) is 0 Å². The van der Waals surface area contributed by atoms with Crippen molar-refractivity contribution in [2.24, 2.45) is 0 Å². The lowest BCUT2D eigenvalue weighted by Crippen LogP contribution is -2.33. The van der Waals surface area contributed by atoms with E-state index >= 15 is 0 Å². The van der Waals surface area contributed by atoms with E-state index in [-0.39, 0.29) is 25.6 Å².